The van der Waals surface area contributed by atoms with Crippen LogP contribution >= 0.6 is 24.8 Å². The second-order valence-electron chi connectivity index (χ2n) is 4.46. The van der Waals surface area contributed by atoms with Crippen molar-refractivity contribution in [3.8, 4) is 0 Å². The number of hydrogen-bond donors (Lipinski definition) is 2. The Morgan fingerprint density at radius 1 is 1.00 bits per heavy atom. The molecule has 0 fully saturated rings. The molecule has 1 heterocycles. The van der Waals surface area contributed by atoms with Crippen molar-refractivity contribution in [3.05, 3.63) is 48.0 Å². The molecular formula is C15H18Cl2N2. The minimum atomic E-state index is 0. The number of benzene rings is 2. The maximum atomic E-state index is 6.16. The fourth-order valence-electron chi connectivity index (χ4n) is 2.42. The van der Waals surface area contributed by atoms with Crippen LogP contribution in [0.25, 0.3) is 21.8 Å². The molecule has 0 aliphatic carbocycles. The van der Waals surface area contributed by atoms with Crippen LogP contribution in [0.3, 0.4) is 0 Å². The van der Waals surface area contributed by atoms with Crippen LogP contribution in [0.2, 0.25) is 0 Å². The fraction of sp³-hybridized carbons (Fsp3) is 0.200. The van der Waals surface area contributed by atoms with E-state index in [2.05, 4.69) is 54.4 Å². The Morgan fingerprint density at radius 3 is 2.42 bits per heavy atom. The summed E-state index contributed by atoms with van der Waals surface area (Å²) in [5.41, 5.74) is 9.73. The molecule has 4 heteroatoms. The molecule has 0 amide bonds. The van der Waals surface area contributed by atoms with E-state index in [1.54, 1.807) is 0 Å². The first-order valence-electron chi connectivity index (χ1n) is 6.06. The molecular weight excluding hydrogens is 279 g/mol. The van der Waals surface area contributed by atoms with Gasteiger partial charge in [-0.3, -0.25) is 0 Å². The highest BCUT2D eigenvalue weighted by Gasteiger charge is 2.11. The number of H-pyrrole nitrogens is 1. The molecule has 1 atom stereocenters. The molecule has 2 nitrogen and oxygen atoms in total. The summed E-state index contributed by atoms with van der Waals surface area (Å²) in [6.07, 6.45) is 0.953. The smallest absolute Gasteiger partial charge is 0.0513 e. The first-order valence-corrected chi connectivity index (χ1v) is 6.06. The lowest BCUT2D eigenvalue weighted by Crippen LogP contribution is -2.08. The molecule has 3 N–H and O–H groups in total. The van der Waals surface area contributed by atoms with Crippen LogP contribution in [-0.4, -0.2) is 4.98 Å². The third kappa shape index (κ3) is 2.57. The van der Waals surface area contributed by atoms with Gasteiger partial charge >= 0.3 is 0 Å². The molecule has 0 aliphatic rings. The number of rotatable bonds is 2. The first kappa shape index (κ1) is 15.8. The Bertz CT molecular complexity index is 676. The lowest BCUT2D eigenvalue weighted by molar-refractivity contribution is 0.703. The van der Waals surface area contributed by atoms with Crippen molar-refractivity contribution < 1.29 is 0 Å². The molecule has 1 unspecified atom stereocenters. The van der Waals surface area contributed by atoms with E-state index in [1.165, 1.54) is 27.4 Å². The molecule has 0 bridgehead atoms. The average molecular weight is 297 g/mol. The lowest BCUT2D eigenvalue weighted by Gasteiger charge is -2.10. The van der Waals surface area contributed by atoms with Gasteiger partial charge in [0.05, 0.1) is 5.52 Å². The molecule has 19 heavy (non-hydrogen) atoms. The summed E-state index contributed by atoms with van der Waals surface area (Å²) in [5.74, 6) is 0. The third-order valence-electron chi connectivity index (χ3n) is 3.41. The van der Waals surface area contributed by atoms with E-state index >= 15 is 0 Å². The van der Waals surface area contributed by atoms with Crippen molar-refractivity contribution in [2.75, 3.05) is 0 Å². The van der Waals surface area contributed by atoms with Gasteiger partial charge in [0.25, 0.3) is 0 Å². The number of para-hydroxylation sites is 2. The first-order chi connectivity index (χ1) is 8.31. The molecule has 3 rings (SSSR count). The Labute approximate surface area is 125 Å². The molecule has 1 aromatic heterocycles. The topological polar surface area (TPSA) is 41.8 Å². The van der Waals surface area contributed by atoms with Gasteiger partial charge in [-0.05, 0) is 18.1 Å². The molecule has 0 aliphatic heterocycles. The standard InChI is InChI=1S/C15H16N2.2ClH/c1-2-13(16)12-8-5-7-11-10-6-3-4-9-14(10)17-15(11)12;;/h3-9,13,17H,2,16H2,1H3;2*1H. The van der Waals surface area contributed by atoms with Gasteiger partial charge in [0.15, 0.2) is 0 Å². The second kappa shape index (κ2) is 6.29. The van der Waals surface area contributed by atoms with Gasteiger partial charge in [-0.15, -0.1) is 24.8 Å². The van der Waals surface area contributed by atoms with Gasteiger partial charge in [0.1, 0.15) is 0 Å². The third-order valence-corrected chi connectivity index (χ3v) is 3.41. The predicted molar refractivity (Wildman–Crippen MR) is 87.5 cm³/mol. The Morgan fingerprint density at radius 2 is 1.68 bits per heavy atom. The maximum Gasteiger partial charge on any atom is 0.0513 e. The average Bonchev–Trinajstić information content (AvgIpc) is 2.76. The molecule has 102 valence electrons. The van der Waals surface area contributed by atoms with Crippen LogP contribution < -0.4 is 5.73 Å². The quantitative estimate of drug-likeness (QED) is 0.714. The zero-order valence-electron chi connectivity index (χ0n) is 10.7. The molecule has 0 saturated heterocycles. The Hall–Kier alpha value is -1.22. The van der Waals surface area contributed by atoms with E-state index in [9.17, 15) is 0 Å². The van der Waals surface area contributed by atoms with Crippen molar-refractivity contribution in [2.45, 2.75) is 19.4 Å². The zero-order valence-corrected chi connectivity index (χ0v) is 12.4. The Kier molecular flexibility index (Phi) is 5.24. The van der Waals surface area contributed by atoms with Crippen molar-refractivity contribution in [1.82, 2.24) is 4.98 Å². The minimum absolute atomic E-state index is 0. The minimum Gasteiger partial charge on any atom is -0.354 e. The second-order valence-corrected chi connectivity index (χ2v) is 4.46. The number of fused-ring (bicyclic) bond motifs is 3. The number of aromatic amines is 1. The van der Waals surface area contributed by atoms with Crippen LogP contribution in [0.1, 0.15) is 24.9 Å². The summed E-state index contributed by atoms with van der Waals surface area (Å²) >= 11 is 0. The van der Waals surface area contributed by atoms with Crippen LogP contribution in [0, 0.1) is 0 Å². The van der Waals surface area contributed by atoms with Gasteiger partial charge in [0, 0.05) is 22.3 Å². The summed E-state index contributed by atoms with van der Waals surface area (Å²) in [4.78, 5) is 3.48. The summed E-state index contributed by atoms with van der Waals surface area (Å²) in [6.45, 7) is 2.12. The molecule has 2 aromatic carbocycles. The summed E-state index contributed by atoms with van der Waals surface area (Å²) in [7, 11) is 0. The monoisotopic (exact) mass is 296 g/mol. The molecule has 3 aromatic rings. The normalized spacial score (nSPS) is 11.9. The zero-order chi connectivity index (χ0) is 11.8. The van der Waals surface area contributed by atoms with Crippen LogP contribution in [-0.2, 0) is 0 Å². The van der Waals surface area contributed by atoms with E-state index in [-0.39, 0.29) is 30.9 Å². The van der Waals surface area contributed by atoms with E-state index in [4.69, 9.17) is 5.73 Å². The highest BCUT2D eigenvalue weighted by molar-refractivity contribution is 6.08. The number of aromatic nitrogens is 1. The van der Waals surface area contributed by atoms with Gasteiger partial charge in [-0.2, -0.15) is 0 Å². The van der Waals surface area contributed by atoms with Crippen molar-refractivity contribution in [2.24, 2.45) is 5.73 Å². The SMILES string of the molecule is CCC(N)c1cccc2c1[nH]c1ccccc12.Cl.Cl. The van der Waals surface area contributed by atoms with Crippen molar-refractivity contribution in [1.29, 1.82) is 0 Å². The van der Waals surface area contributed by atoms with Gasteiger partial charge in [0.2, 0.25) is 0 Å². The lowest BCUT2D eigenvalue weighted by atomic mass is 10.0. The van der Waals surface area contributed by atoms with Crippen LogP contribution in [0.15, 0.2) is 42.5 Å². The summed E-state index contributed by atoms with van der Waals surface area (Å²) in [5, 5.41) is 2.54. The fourth-order valence-corrected chi connectivity index (χ4v) is 2.42. The largest absolute Gasteiger partial charge is 0.354 e. The number of hydrogen-bond acceptors (Lipinski definition) is 1. The van der Waals surface area contributed by atoms with Crippen LogP contribution in [0.4, 0.5) is 0 Å². The molecule has 0 radical (unpaired) electrons. The maximum absolute atomic E-state index is 6.16. The highest BCUT2D eigenvalue weighted by atomic mass is 35.5. The highest BCUT2D eigenvalue weighted by Crippen LogP contribution is 2.30. The Balaban J connectivity index is 0.000000902. The molecule has 0 saturated carbocycles. The van der Waals surface area contributed by atoms with E-state index in [0.717, 1.165) is 6.42 Å². The van der Waals surface area contributed by atoms with Crippen molar-refractivity contribution in [3.63, 3.8) is 0 Å². The summed E-state index contributed by atoms with van der Waals surface area (Å²) in [6, 6.07) is 14.8. The summed E-state index contributed by atoms with van der Waals surface area (Å²) < 4.78 is 0. The van der Waals surface area contributed by atoms with Gasteiger partial charge < -0.3 is 10.7 Å². The van der Waals surface area contributed by atoms with E-state index in [0.29, 0.717) is 0 Å². The van der Waals surface area contributed by atoms with Gasteiger partial charge in [-0.1, -0.05) is 43.3 Å². The van der Waals surface area contributed by atoms with E-state index in [1.807, 2.05) is 0 Å². The number of nitrogens with two attached hydrogens (primary N) is 1. The number of nitrogens with one attached hydrogen (secondary N) is 1. The van der Waals surface area contributed by atoms with Crippen molar-refractivity contribution >= 4 is 46.6 Å². The van der Waals surface area contributed by atoms with E-state index < -0.39 is 0 Å². The van der Waals surface area contributed by atoms with Gasteiger partial charge in [-0.25, -0.2) is 0 Å². The predicted octanol–water partition coefficient (Wildman–Crippen LogP) is 4.57. The van der Waals surface area contributed by atoms with Crippen LogP contribution in [0.5, 0.6) is 0 Å². The number of halogens is 2. The molecule has 0 spiro atoms.